The van der Waals surface area contributed by atoms with Gasteiger partial charge < -0.3 is 16.0 Å². The summed E-state index contributed by atoms with van der Waals surface area (Å²) in [6.07, 6.45) is 7.57. The zero-order valence-electron chi connectivity index (χ0n) is 24.3. The zero-order valence-corrected chi connectivity index (χ0v) is 24.3. The number of nitrogens with two attached hydrogens (primary N) is 1. The molecule has 0 radical (unpaired) electrons. The zero-order chi connectivity index (χ0) is 29.8. The minimum atomic E-state index is -0.605. The Kier molecular flexibility index (Phi) is 8.50. The molecule has 224 valence electrons. The normalized spacial score (nSPS) is 18.4. The number of hydrogen-bond acceptors (Lipinski definition) is 8. The summed E-state index contributed by atoms with van der Waals surface area (Å²) >= 11 is 0. The van der Waals surface area contributed by atoms with E-state index in [1.807, 2.05) is 24.3 Å². The summed E-state index contributed by atoms with van der Waals surface area (Å²) in [5, 5.41) is 5.65. The standard InChI is InChI=1S/C32H38N8O3/c33-30(42)29-31(36-27(20-34-29)39-15-2-1-3-16-39)35-25-8-6-23(7-9-25)24-12-17-38(18-13-24)21-22-4-10-26(11-5-22)40-19-14-28(41)37-32(40)43/h4-11,20,24H,1-3,12-19,21H2,(H2,33,42)(H,35,36)(H,37,41,43). The number of hydrogen-bond donors (Lipinski definition) is 3. The second kappa shape index (κ2) is 12.8. The number of urea groups is 1. The molecule has 6 rings (SSSR count). The van der Waals surface area contributed by atoms with Gasteiger partial charge in [0.05, 0.1) is 6.20 Å². The molecule has 1 aromatic heterocycles. The molecular weight excluding hydrogens is 544 g/mol. The number of aromatic nitrogens is 2. The van der Waals surface area contributed by atoms with Crippen LogP contribution in [-0.2, 0) is 11.3 Å². The van der Waals surface area contributed by atoms with Crippen molar-refractivity contribution in [2.24, 2.45) is 5.73 Å². The molecule has 0 unspecified atom stereocenters. The van der Waals surface area contributed by atoms with Crippen LogP contribution in [0.5, 0.6) is 0 Å². The second-order valence-electron chi connectivity index (χ2n) is 11.6. The second-order valence-corrected chi connectivity index (χ2v) is 11.6. The van der Waals surface area contributed by atoms with Crippen LogP contribution >= 0.6 is 0 Å². The Hall–Kier alpha value is -4.51. The molecule has 3 aliphatic rings. The highest BCUT2D eigenvalue weighted by Gasteiger charge is 2.25. The molecule has 11 nitrogen and oxygen atoms in total. The summed E-state index contributed by atoms with van der Waals surface area (Å²) < 4.78 is 0. The number of carbonyl (C=O) groups is 3. The molecule has 3 aliphatic heterocycles. The molecule has 43 heavy (non-hydrogen) atoms. The van der Waals surface area contributed by atoms with E-state index in [9.17, 15) is 14.4 Å². The number of imide groups is 1. The lowest BCUT2D eigenvalue weighted by atomic mass is 9.89. The maximum atomic E-state index is 12.1. The largest absolute Gasteiger partial charge is 0.364 e. The number of piperidine rings is 2. The van der Waals surface area contributed by atoms with Crippen LogP contribution in [0, 0.1) is 0 Å². The Morgan fingerprint density at radius 3 is 2.33 bits per heavy atom. The molecule has 4 N–H and O–H groups in total. The van der Waals surface area contributed by atoms with Crippen LogP contribution in [0.25, 0.3) is 0 Å². The number of amides is 4. The van der Waals surface area contributed by atoms with Crippen molar-refractivity contribution in [3.05, 3.63) is 71.5 Å². The summed E-state index contributed by atoms with van der Waals surface area (Å²) in [6.45, 7) is 5.15. The average molecular weight is 583 g/mol. The molecule has 11 heteroatoms. The fraction of sp³-hybridized carbons (Fsp3) is 0.406. The highest BCUT2D eigenvalue weighted by molar-refractivity contribution is 6.05. The van der Waals surface area contributed by atoms with Gasteiger partial charge in [0, 0.05) is 44.0 Å². The number of primary amides is 1. The number of nitrogens with one attached hydrogen (secondary N) is 2. The Morgan fingerprint density at radius 2 is 1.65 bits per heavy atom. The number of likely N-dealkylation sites (tertiary alicyclic amines) is 1. The predicted molar refractivity (Wildman–Crippen MR) is 166 cm³/mol. The quantitative estimate of drug-likeness (QED) is 0.361. The van der Waals surface area contributed by atoms with Gasteiger partial charge in [-0.15, -0.1) is 0 Å². The molecule has 3 fully saturated rings. The lowest BCUT2D eigenvalue weighted by molar-refractivity contribution is -0.120. The van der Waals surface area contributed by atoms with E-state index in [1.165, 1.54) is 17.5 Å². The van der Waals surface area contributed by atoms with E-state index in [0.717, 1.165) is 75.6 Å². The van der Waals surface area contributed by atoms with Crippen LogP contribution in [-0.4, -0.2) is 65.4 Å². The SMILES string of the molecule is NC(=O)c1ncc(N2CCCCC2)nc1Nc1ccc(C2CCN(Cc3ccc(N4CCC(=O)NC4=O)cc3)CC2)cc1. The van der Waals surface area contributed by atoms with Crippen LogP contribution in [0.15, 0.2) is 54.7 Å². The minimum Gasteiger partial charge on any atom is -0.364 e. The van der Waals surface area contributed by atoms with Gasteiger partial charge in [0.2, 0.25) is 5.91 Å². The number of carbonyl (C=O) groups excluding carboxylic acids is 3. The fourth-order valence-corrected chi connectivity index (χ4v) is 6.17. The average Bonchev–Trinajstić information content (AvgIpc) is 3.03. The minimum absolute atomic E-state index is 0.139. The van der Waals surface area contributed by atoms with Crippen molar-refractivity contribution in [1.82, 2.24) is 20.2 Å². The third-order valence-electron chi connectivity index (χ3n) is 8.61. The molecule has 0 aliphatic carbocycles. The van der Waals surface area contributed by atoms with Crippen LogP contribution in [0.2, 0.25) is 0 Å². The predicted octanol–water partition coefficient (Wildman–Crippen LogP) is 4.14. The lowest BCUT2D eigenvalue weighted by Gasteiger charge is -2.32. The van der Waals surface area contributed by atoms with E-state index in [-0.39, 0.29) is 17.6 Å². The van der Waals surface area contributed by atoms with Gasteiger partial charge in [0.1, 0.15) is 5.82 Å². The van der Waals surface area contributed by atoms with E-state index >= 15 is 0 Å². The third-order valence-corrected chi connectivity index (χ3v) is 8.61. The van der Waals surface area contributed by atoms with Gasteiger partial charge in [-0.3, -0.25) is 24.7 Å². The van der Waals surface area contributed by atoms with Gasteiger partial charge in [-0.2, -0.15) is 0 Å². The topological polar surface area (TPSA) is 137 Å². The van der Waals surface area contributed by atoms with Gasteiger partial charge in [0.15, 0.2) is 11.5 Å². The van der Waals surface area contributed by atoms with E-state index in [0.29, 0.717) is 24.7 Å². The monoisotopic (exact) mass is 582 g/mol. The van der Waals surface area contributed by atoms with E-state index in [4.69, 9.17) is 10.7 Å². The molecule has 3 saturated heterocycles. The summed E-state index contributed by atoms with van der Waals surface area (Å²) in [6, 6.07) is 16.0. The number of benzene rings is 2. The molecule has 4 amide bonds. The fourth-order valence-electron chi connectivity index (χ4n) is 6.17. The van der Waals surface area contributed by atoms with Crippen molar-refractivity contribution in [1.29, 1.82) is 0 Å². The van der Waals surface area contributed by atoms with Crippen molar-refractivity contribution in [2.45, 2.75) is 51.0 Å². The van der Waals surface area contributed by atoms with Crippen LogP contribution in [0.4, 0.5) is 27.8 Å². The molecular formula is C32H38N8O3. The molecule has 4 heterocycles. The number of rotatable bonds is 8. The summed E-state index contributed by atoms with van der Waals surface area (Å²) in [5.74, 6) is 0.803. The first-order chi connectivity index (χ1) is 20.9. The summed E-state index contributed by atoms with van der Waals surface area (Å²) in [5.41, 5.74) is 9.89. The Labute approximate surface area is 251 Å². The number of nitrogens with zero attached hydrogens (tertiary/aromatic N) is 5. The molecule has 3 aromatic rings. The molecule has 0 atom stereocenters. The van der Waals surface area contributed by atoms with Crippen LogP contribution in [0.1, 0.15) is 66.1 Å². The van der Waals surface area contributed by atoms with Crippen molar-refractivity contribution in [3.63, 3.8) is 0 Å². The highest BCUT2D eigenvalue weighted by Crippen LogP contribution is 2.31. The molecule has 0 spiro atoms. The third kappa shape index (κ3) is 6.77. The maximum absolute atomic E-state index is 12.1. The Morgan fingerprint density at radius 1 is 0.930 bits per heavy atom. The first-order valence-electron chi connectivity index (χ1n) is 15.1. The maximum Gasteiger partial charge on any atom is 0.328 e. The highest BCUT2D eigenvalue weighted by atomic mass is 16.2. The van der Waals surface area contributed by atoms with E-state index in [2.05, 4.69) is 49.7 Å². The molecule has 0 saturated carbocycles. The van der Waals surface area contributed by atoms with Gasteiger partial charge in [-0.25, -0.2) is 14.8 Å². The van der Waals surface area contributed by atoms with Gasteiger partial charge in [0.25, 0.3) is 5.91 Å². The van der Waals surface area contributed by atoms with Crippen molar-refractivity contribution < 1.29 is 14.4 Å². The smallest absolute Gasteiger partial charge is 0.328 e. The van der Waals surface area contributed by atoms with Crippen molar-refractivity contribution in [3.8, 4) is 0 Å². The van der Waals surface area contributed by atoms with Crippen LogP contribution < -0.4 is 26.2 Å². The van der Waals surface area contributed by atoms with Gasteiger partial charge in [-0.1, -0.05) is 24.3 Å². The summed E-state index contributed by atoms with van der Waals surface area (Å²) in [7, 11) is 0. The first kappa shape index (κ1) is 28.6. The van der Waals surface area contributed by atoms with Crippen molar-refractivity contribution in [2.75, 3.05) is 47.8 Å². The van der Waals surface area contributed by atoms with E-state index in [1.54, 1.807) is 11.1 Å². The van der Waals surface area contributed by atoms with Gasteiger partial charge in [-0.05, 0) is 86.5 Å². The Balaban J connectivity index is 1.03. The lowest BCUT2D eigenvalue weighted by Crippen LogP contribution is -2.49. The first-order valence-corrected chi connectivity index (χ1v) is 15.1. The molecule has 2 aromatic carbocycles. The summed E-state index contributed by atoms with van der Waals surface area (Å²) in [4.78, 5) is 50.9. The van der Waals surface area contributed by atoms with Gasteiger partial charge >= 0.3 is 6.03 Å². The number of anilines is 4. The van der Waals surface area contributed by atoms with E-state index < -0.39 is 5.91 Å². The Bertz CT molecular complexity index is 1460. The molecule has 0 bridgehead atoms. The van der Waals surface area contributed by atoms with Crippen LogP contribution in [0.3, 0.4) is 0 Å². The van der Waals surface area contributed by atoms with Crippen molar-refractivity contribution >= 4 is 40.9 Å².